The largest absolute Gasteiger partial charge is 0.349 e. The lowest BCUT2D eigenvalue weighted by Crippen LogP contribution is -1.98. The highest BCUT2D eigenvalue weighted by Gasteiger charge is 2.22. The smallest absolute Gasteiger partial charge is 0.181 e. The lowest BCUT2D eigenvalue weighted by Gasteiger charge is -1.99. The molecule has 0 amide bonds. The predicted octanol–water partition coefficient (Wildman–Crippen LogP) is 2.19. The third-order valence-electron chi connectivity index (χ3n) is 1.56. The van der Waals surface area contributed by atoms with Gasteiger partial charge in [-0.25, -0.2) is 4.98 Å². The number of hydrogen-bond donors (Lipinski definition) is 0. The summed E-state index contributed by atoms with van der Waals surface area (Å²) in [5, 5.41) is 1.04. The van der Waals surface area contributed by atoms with E-state index < -0.39 is 0 Å². The van der Waals surface area contributed by atoms with Gasteiger partial charge in [0.2, 0.25) is 0 Å². The van der Waals surface area contributed by atoms with Crippen LogP contribution >= 0.6 is 21.6 Å². The molecule has 1 aliphatic heterocycles. The molecule has 1 aromatic rings. The van der Waals surface area contributed by atoms with Gasteiger partial charge in [-0.3, -0.25) is 0 Å². The van der Waals surface area contributed by atoms with Crippen molar-refractivity contribution in [3.63, 3.8) is 0 Å². The third-order valence-corrected chi connectivity index (χ3v) is 3.78. The summed E-state index contributed by atoms with van der Waals surface area (Å²) in [6.07, 6.45) is 1.88. The topological polar surface area (TPSA) is 34.6 Å². The summed E-state index contributed by atoms with van der Waals surface area (Å²) in [5.74, 6) is 0.959. The molecule has 0 bridgehead atoms. The van der Waals surface area contributed by atoms with Gasteiger partial charge >= 0.3 is 0 Å². The summed E-state index contributed by atoms with van der Waals surface area (Å²) in [5.41, 5.74) is 0. The Morgan fingerprint density at radius 3 is 3.21 bits per heavy atom. The van der Waals surface area contributed by atoms with Crippen molar-refractivity contribution in [2.75, 3.05) is 19.0 Å². The minimum atomic E-state index is 0.0791. The summed E-state index contributed by atoms with van der Waals surface area (Å²) in [6, 6.07) is 5.91. The quantitative estimate of drug-likeness (QED) is 0.424. The Bertz CT molecular complexity index is 267. The zero-order chi connectivity index (χ0) is 9.64. The number of hydrogen-bond acceptors (Lipinski definition) is 5. The van der Waals surface area contributed by atoms with Crippen LogP contribution in [0.25, 0.3) is 0 Å². The molecule has 0 saturated carbocycles. The van der Waals surface area contributed by atoms with Gasteiger partial charge in [0.05, 0.1) is 6.61 Å². The Hall–Kier alpha value is -0.230. The molecule has 1 aromatic heterocycles. The highest BCUT2D eigenvalue weighted by atomic mass is 33.1. The lowest BCUT2D eigenvalue weighted by molar-refractivity contribution is 0.0611. The van der Waals surface area contributed by atoms with E-state index in [0.29, 0.717) is 0 Å². The van der Waals surface area contributed by atoms with Crippen LogP contribution in [-0.4, -0.2) is 30.2 Å². The van der Waals surface area contributed by atoms with Crippen LogP contribution in [0, 0.1) is 0 Å². The fourth-order valence-electron chi connectivity index (χ4n) is 0.848. The Morgan fingerprint density at radius 1 is 1.57 bits per heavy atom. The van der Waals surface area contributed by atoms with E-state index in [1.807, 2.05) is 18.2 Å². The maximum atomic E-state index is 5.31. The van der Waals surface area contributed by atoms with Crippen LogP contribution in [0.1, 0.15) is 0 Å². The van der Waals surface area contributed by atoms with Gasteiger partial charge in [0, 0.05) is 11.9 Å². The molecule has 0 aliphatic carbocycles. The molecule has 0 spiro atoms. The second-order valence-electron chi connectivity index (χ2n) is 2.71. The molecule has 1 atom stereocenters. The van der Waals surface area contributed by atoms with Gasteiger partial charge in [-0.15, -0.1) is 0 Å². The number of epoxide rings is 1. The summed E-state index contributed by atoms with van der Waals surface area (Å²) in [6.45, 7) is 1.51. The minimum absolute atomic E-state index is 0.0791. The van der Waals surface area contributed by atoms with Crippen molar-refractivity contribution < 1.29 is 9.47 Å². The fraction of sp³-hybridized carbons (Fsp3) is 0.444. The predicted molar refractivity (Wildman–Crippen MR) is 58.2 cm³/mol. The van der Waals surface area contributed by atoms with Crippen LogP contribution in [0.5, 0.6) is 0 Å². The van der Waals surface area contributed by atoms with Crippen molar-refractivity contribution >= 4 is 21.6 Å². The van der Waals surface area contributed by atoms with Crippen molar-refractivity contribution in [3.8, 4) is 0 Å². The molecule has 76 valence electrons. The number of rotatable bonds is 6. The summed E-state index contributed by atoms with van der Waals surface area (Å²) < 4.78 is 10.2. The molecule has 0 radical (unpaired) electrons. The van der Waals surface area contributed by atoms with Crippen LogP contribution < -0.4 is 0 Å². The Balaban J connectivity index is 1.54. The molecule has 2 heterocycles. The van der Waals surface area contributed by atoms with Crippen molar-refractivity contribution in [2.45, 2.75) is 11.3 Å². The number of nitrogens with zero attached hydrogens (tertiary/aromatic N) is 1. The first-order chi connectivity index (χ1) is 6.95. The molecule has 2 rings (SSSR count). The Kier molecular flexibility index (Phi) is 4.12. The lowest BCUT2D eigenvalue weighted by atomic mass is 10.5. The van der Waals surface area contributed by atoms with Crippen LogP contribution in [-0.2, 0) is 9.47 Å². The minimum Gasteiger partial charge on any atom is -0.349 e. The van der Waals surface area contributed by atoms with Gasteiger partial charge in [0.25, 0.3) is 0 Å². The standard InChI is InChI=1S/C9H11NO2S2/c1-2-4-10-8(3-1)14-13-6-5-11-9-7-12-9/h1-4,9H,5-7H2. The first-order valence-corrected chi connectivity index (χ1v) is 6.71. The van der Waals surface area contributed by atoms with E-state index in [1.165, 1.54) is 0 Å². The third kappa shape index (κ3) is 3.88. The van der Waals surface area contributed by atoms with E-state index in [9.17, 15) is 0 Å². The zero-order valence-electron chi connectivity index (χ0n) is 7.59. The SMILES string of the molecule is c1ccc(SSCCOC2CO2)nc1. The van der Waals surface area contributed by atoms with Crippen molar-refractivity contribution in [2.24, 2.45) is 0 Å². The molecular weight excluding hydrogens is 218 g/mol. The van der Waals surface area contributed by atoms with Gasteiger partial charge in [-0.1, -0.05) is 16.9 Å². The first kappa shape index (κ1) is 10.3. The fourth-order valence-corrected chi connectivity index (χ4v) is 2.57. The van der Waals surface area contributed by atoms with Crippen molar-refractivity contribution in [3.05, 3.63) is 24.4 Å². The van der Waals surface area contributed by atoms with Gasteiger partial charge < -0.3 is 9.47 Å². The van der Waals surface area contributed by atoms with Crippen LogP contribution in [0.3, 0.4) is 0 Å². The van der Waals surface area contributed by atoms with Crippen molar-refractivity contribution in [1.29, 1.82) is 0 Å². The second-order valence-corrected chi connectivity index (χ2v) is 5.14. The van der Waals surface area contributed by atoms with Gasteiger partial charge in [-0.05, 0) is 22.9 Å². The van der Waals surface area contributed by atoms with Crippen LogP contribution in [0.15, 0.2) is 29.4 Å². The Labute approximate surface area is 91.0 Å². The normalized spacial score (nSPS) is 19.6. The van der Waals surface area contributed by atoms with Gasteiger partial charge in [0.15, 0.2) is 6.29 Å². The summed E-state index contributed by atoms with van der Waals surface area (Å²) >= 11 is 0. The van der Waals surface area contributed by atoms with E-state index in [2.05, 4.69) is 4.98 Å². The first-order valence-electron chi connectivity index (χ1n) is 4.39. The highest BCUT2D eigenvalue weighted by Crippen LogP contribution is 2.28. The molecule has 3 nitrogen and oxygen atoms in total. The van der Waals surface area contributed by atoms with E-state index in [0.717, 1.165) is 24.0 Å². The average molecular weight is 229 g/mol. The van der Waals surface area contributed by atoms with Crippen LogP contribution in [0.2, 0.25) is 0 Å². The van der Waals surface area contributed by atoms with E-state index in [4.69, 9.17) is 9.47 Å². The summed E-state index contributed by atoms with van der Waals surface area (Å²) in [4.78, 5) is 4.20. The molecule has 14 heavy (non-hydrogen) atoms. The molecule has 1 aliphatic rings. The average Bonchev–Trinajstić information content (AvgIpc) is 3.03. The molecule has 0 aromatic carbocycles. The Morgan fingerprint density at radius 2 is 2.50 bits per heavy atom. The second kappa shape index (κ2) is 5.60. The van der Waals surface area contributed by atoms with E-state index >= 15 is 0 Å². The van der Waals surface area contributed by atoms with Gasteiger partial charge in [-0.2, -0.15) is 0 Å². The van der Waals surface area contributed by atoms with Crippen molar-refractivity contribution in [1.82, 2.24) is 4.98 Å². The molecule has 5 heteroatoms. The van der Waals surface area contributed by atoms with E-state index in [1.54, 1.807) is 27.8 Å². The molecular formula is C9H11NO2S2. The maximum absolute atomic E-state index is 5.31. The number of ether oxygens (including phenoxy) is 2. The van der Waals surface area contributed by atoms with E-state index in [-0.39, 0.29) is 6.29 Å². The molecule has 1 saturated heterocycles. The summed E-state index contributed by atoms with van der Waals surface area (Å²) in [7, 11) is 3.43. The zero-order valence-corrected chi connectivity index (χ0v) is 9.22. The van der Waals surface area contributed by atoms with Crippen LogP contribution in [0.4, 0.5) is 0 Å². The molecule has 1 fully saturated rings. The monoisotopic (exact) mass is 229 g/mol. The molecule has 0 N–H and O–H groups in total. The van der Waals surface area contributed by atoms with Gasteiger partial charge in [0.1, 0.15) is 11.6 Å². The number of pyridine rings is 1. The maximum Gasteiger partial charge on any atom is 0.181 e. The highest BCUT2D eigenvalue weighted by molar-refractivity contribution is 8.76. The number of aromatic nitrogens is 1. The molecule has 1 unspecified atom stereocenters.